The molecule has 30 heavy (non-hydrogen) atoms. The van der Waals surface area contributed by atoms with Crippen molar-refractivity contribution >= 4 is 19.4 Å². The summed E-state index contributed by atoms with van der Waals surface area (Å²) in [6.45, 7) is 11.9. The van der Waals surface area contributed by atoms with Crippen molar-refractivity contribution in [3.05, 3.63) is 52.6 Å². The van der Waals surface area contributed by atoms with Gasteiger partial charge in [-0.3, -0.25) is 4.79 Å². The van der Waals surface area contributed by atoms with Crippen molar-refractivity contribution in [1.29, 1.82) is 0 Å². The Morgan fingerprint density at radius 3 is 2.03 bits per heavy atom. The second-order valence-corrected chi connectivity index (χ2v) is 9.24. The Morgan fingerprint density at radius 1 is 0.833 bits per heavy atom. The molecule has 2 aromatic rings. The lowest BCUT2D eigenvalue weighted by atomic mass is 10.0. The van der Waals surface area contributed by atoms with Gasteiger partial charge in [-0.05, 0) is 65.5 Å². The van der Waals surface area contributed by atoms with Crippen LogP contribution < -0.4 is 14.8 Å². The molecule has 0 amide bonds. The molecule has 0 radical (unpaired) electrons. The van der Waals surface area contributed by atoms with Crippen molar-refractivity contribution in [2.45, 2.75) is 73.1 Å². The van der Waals surface area contributed by atoms with Crippen LogP contribution >= 0.6 is 8.58 Å². The minimum Gasteiger partial charge on any atom is -0.493 e. The molecule has 0 bridgehead atoms. The fourth-order valence-electron chi connectivity index (χ4n) is 3.61. The summed E-state index contributed by atoms with van der Waals surface area (Å²) in [5.74, 6) is 1.61. The second kappa shape index (κ2) is 12.7. The maximum Gasteiger partial charge on any atom is 0.186 e. The van der Waals surface area contributed by atoms with Crippen LogP contribution in [0.3, 0.4) is 0 Å². The minimum absolute atomic E-state index is 0.0355. The molecule has 0 aliphatic rings. The second-order valence-electron chi connectivity index (χ2n) is 8.00. The van der Waals surface area contributed by atoms with Gasteiger partial charge in [-0.1, -0.05) is 57.2 Å². The molecule has 1 atom stereocenters. The Labute approximate surface area is 184 Å². The van der Waals surface area contributed by atoms with Gasteiger partial charge in [0.2, 0.25) is 0 Å². The Hall–Kier alpha value is -1.86. The first-order chi connectivity index (χ1) is 14.5. The summed E-state index contributed by atoms with van der Waals surface area (Å²) in [7, 11) is 0.0355. The highest BCUT2D eigenvalue weighted by atomic mass is 31.1. The zero-order valence-electron chi connectivity index (χ0n) is 19.3. The summed E-state index contributed by atoms with van der Waals surface area (Å²) >= 11 is 0. The smallest absolute Gasteiger partial charge is 0.186 e. The van der Waals surface area contributed by atoms with Crippen molar-refractivity contribution in [3.63, 3.8) is 0 Å². The zero-order chi connectivity index (χ0) is 21.9. The highest BCUT2D eigenvalue weighted by molar-refractivity contribution is 7.66. The quantitative estimate of drug-likeness (QED) is 0.257. The molecule has 0 aliphatic heterocycles. The predicted molar refractivity (Wildman–Crippen MR) is 129 cm³/mol. The van der Waals surface area contributed by atoms with E-state index in [0.29, 0.717) is 13.2 Å². The summed E-state index contributed by atoms with van der Waals surface area (Å²) in [6, 6.07) is 10.1. The highest BCUT2D eigenvalue weighted by Gasteiger charge is 2.17. The van der Waals surface area contributed by atoms with Crippen LogP contribution in [-0.4, -0.2) is 18.7 Å². The molecule has 2 rings (SSSR count). The van der Waals surface area contributed by atoms with E-state index in [4.69, 9.17) is 9.47 Å². The average molecular weight is 429 g/mol. The third-order valence-corrected chi connectivity index (χ3v) is 6.29. The van der Waals surface area contributed by atoms with E-state index in [0.717, 1.165) is 59.2 Å². The van der Waals surface area contributed by atoms with Gasteiger partial charge in [0, 0.05) is 16.9 Å². The monoisotopic (exact) mass is 428 g/mol. The van der Waals surface area contributed by atoms with Gasteiger partial charge in [0.05, 0.1) is 13.2 Å². The lowest BCUT2D eigenvalue weighted by Crippen LogP contribution is -2.10. The third-order valence-electron chi connectivity index (χ3n) is 5.13. The molecular weight excluding hydrogens is 391 g/mol. The number of hydrogen-bond donors (Lipinski definition) is 0. The molecule has 0 aromatic heterocycles. The van der Waals surface area contributed by atoms with Gasteiger partial charge in [-0.2, -0.15) is 0 Å². The lowest BCUT2D eigenvalue weighted by Gasteiger charge is -2.15. The van der Waals surface area contributed by atoms with E-state index in [9.17, 15) is 4.79 Å². The molecule has 4 heteroatoms. The topological polar surface area (TPSA) is 35.5 Å². The van der Waals surface area contributed by atoms with E-state index in [2.05, 4.69) is 32.9 Å². The first-order valence-electron chi connectivity index (χ1n) is 11.2. The van der Waals surface area contributed by atoms with Crippen molar-refractivity contribution in [1.82, 2.24) is 0 Å². The number of hydrogen-bond acceptors (Lipinski definition) is 3. The molecule has 0 spiro atoms. The van der Waals surface area contributed by atoms with E-state index < -0.39 is 0 Å². The first-order valence-corrected chi connectivity index (χ1v) is 12.2. The number of rotatable bonds is 13. The van der Waals surface area contributed by atoms with E-state index in [-0.39, 0.29) is 14.1 Å². The number of aryl methyl sites for hydroxylation is 3. The number of unbranched alkanes of at least 4 members (excludes halogenated alkanes) is 4. The predicted octanol–water partition coefficient (Wildman–Crippen LogP) is 6.89. The summed E-state index contributed by atoms with van der Waals surface area (Å²) in [5, 5.41) is 0.955. The van der Waals surface area contributed by atoms with Gasteiger partial charge < -0.3 is 9.47 Å². The molecule has 0 N–H and O–H groups in total. The molecule has 164 valence electrons. The van der Waals surface area contributed by atoms with Crippen molar-refractivity contribution in [2.24, 2.45) is 0 Å². The number of carbonyl (C=O) groups excluding carboxylic acids is 1. The average Bonchev–Trinajstić information content (AvgIpc) is 2.69. The van der Waals surface area contributed by atoms with Crippen LogP contribution in [0.25, 0.3) is 0 Å². The van der Waals surface area contributed by atoms with Crippen LogP contribution in [0.4, 0.5) is 0 Å². The molecular formula is C26H37O3P. The van der Waals surface area contributed by atoms with Crippen LogP contribution in [-0.2, 0) is 0 Å². The maximum absolute atomic E-state index is 13.1. The number of benzene rings is 2. The van der Waals surface area contributed by atoms with E-state index in [1.165, 1.54) is 18.4 Å². The first kappa shape index (κ1) is 24.4. The SMILES string of the molecule is CCCCCOc1ccc(PC(=O)c2c(C)cc(C)cc2C)c(OCCCCC)c1. The molecule has 0 aliphatic carbocycles. The van der Waals surface area contributed by atoms with Gasteiger partial charge in [0.1, 0.15) is 11.5 Å². The Balaban J connectivity index is 2.18. The van der Waals surface area contributed by atoms with Gasteiger partial charge in [0.15, 0.2) is 5.52 Å². The normalized spacial score (nSPS) is 11.2. The van der Waals surface area contributed by atoms with Crippen molar-refractivity contribution < 1.29 is 14.3 Å². The molecule has 0 saturated heterocycles. The van der Waals surface area contributed by atoms with Gasteiger partial charge in [-0.25, -0.2) is 0 Å². The van der Waals surface area contributed by atoms with Crippen LogP contribution in [0.15, 0.2) is 30.3 Å². The standard InChI is InChI=1S/C26H37O3P/c1-6-8-10-14-28-22-12-13-24(23(18-22)29-15-11-9-7-2)30-26(27)25-20(4)16-19(3)17-21(25)5/h12-13,16-18,30H,6-11,14-15H2,1-5H3. The summed E-state index contributed by atoms with van der Waals surface area (Å²) < 4.78 is 12.0. The largest absolute Gasteiger partial charge is 0.493 e. The zero-order valence-corrected chi connectivity index (χ0v) is 20.3. The summed E-state index contributed by atoms with van der Waals surface area (Å²) in [5.41, 5.74) is 4.29. The van der Waals surface area contributed by atoms with Crippen molar-refractivity contribution in [2.75, 3.05) is 13.2 Å². The Morgan fingerprint density at radius 2 is 1.43 bits per heavy atom. The van der Waals surface area contributed by atoms with Gasteiger partial charge >= 0.3 is 0 Å². The molecule has 0 heterocycles. The fraction of sp³-hybridized carbons (Fsp3) is 0.500. The highest BCUT2D eigenvalue weighted by Crippen LogP contribution is 2.30. The van der Waals surface area contributed by atoms with Gasteiger partial charge in [-0.15, -0.1) is 0 Å². The van der Waals surface area contributed by atoms with Crippen LogP contribution in [0.1, 0.15) is 79.4 Å². The van der Waals surface area contributed by atoms with Crippen LogP contribution in [0.5, 0.6) is 11.5 Å². The van der Waals surface area contributed by atoms with Crippen LogP contribution in [0, 0.1) is 20.8 Å². The van der Waals surface area contributed by atoms with Gasteiger partial charge in [0.25, 0.3) is 0 Å². The van der Waals surface area contributed by atoms with E-state index >= 15 is 0 Å². The molecule has 1 unspecified atom stereocenters. The summed E-state index contributed by atoms with van der Waals surface area (Å²) in [6.07, 6.45) is 6.72. The molecule has 0 fully saturated rings. The Kier molecular flexibility index (Phi) is 10.4. The van der Waals surface area contributed by atoms with Crippen LogP contribution in [0.2, 0.25) is 0 Å². The molecule has 2 aromatic carbocycles. The summed E-state index contributed by atoms with van der Waals surface area (Å²) in [4.78, 5) is 13.1. The fourth-order valence-corrected chi connectivity index (χ4v) is 4.81. The lowest BCUT2D eigenvalue weighted by molar-refractivity contribution is 0.108. The maximum atomic E-state index is 13.1. The molecule has 0 saturated carbocycles. The molecule has 3 nitrogen and oxygen atoms in total. The number of carbonyl (C=O) groups is 1. The van der Waals surface area contributed by atoms with E-state index in [1.54, 1.807) is 0 Å². The van der Waals surface area contributed by atoms with E-state index in [1.807, 2.05) is 32.0 Å². The third kappa shape index (κ3) is 7.43. The number of ether oxygens (including phenoxy) is 2. The minimum atomic E-state index is 0.0355. The Bertz CT molecular complexity index is 806. The van der Waals surface area contributed by atoms with Crippen molar-refractivity contribution in [3.8, 4) is 11.5 Å².